The lowest BCUT2D eigenvalue weighted by molar-refractivity contribution is -0.146. The Bertz CT molecular complexity index is 395. The molecule has 0 aromatic rings. The van der Waals surface area contributed by atoms with E-state index in [2.05, 4.69) is 10.6 Å². The van der Waals surface area contributed by atoms with E-state index in [1.54, 1.807) is 0 Å². The van der Waals surface area contributed by atoms with Gasteiger partial charge in [0.05, 0.1) is 0 Å². The number of amides is 3. The molecule has 3 aliphatic rings. The highest BCUT2D eigenvalue weighted by molar-refractivity contribution is 6.02. The summed E-state index contributed by atoms with van der Waals surface area (Å²) < 4.78 is 0. The van der Waals surface area contributed by atoms with Crippen molar-refractivity contribution in [3.8, 4) is 0 Å². The maximum absolute atomic E-state index is 12.2. The molecule has 0 spiro atoms. The topological polar surface area (TPSA) is 78.5 Å². The molecule has 0 aliphatic carbocycles. The molecule has 3 saturated heterocycles. The first-order chi connectivity index (χ1) is 9.10. The van der Waals surface area contributed by atoms with Crippen molar-refractivity contribution in [1.29, 1.82) is 0 Å². The molecule has 6 heteroatoms. The van der Waals surface area contributed by atoms with Crippen molar-refractivity contribution in [2.45, 2.75) is 44.2 Å². The van der Waals surface area contributed by atoms with E-state index in [9.17, 15) is 14.4 Å². The molecule has 6 nitrogen and oxygen atoms in total. The van der Waals surface area contributed by atoms with Gasteiger partial charge in [0.2, 0.25) is 17.7 Å². The quantitative estimate of drug-likeness (QED) is 0.653. The van der Waals surface area contributed by atoms with E-state index < -0.39 is 0 Å². The van der Waals surface area contributed by atoms with Crippen molar-refractivity contribution >= 4 is 17.7 Å². The van der Waals surface area contributed by atoms with Crippen LogP contribution >= 0.6 is 0 Å². The van der Waals surface area contributed by atoms with Crippen molar-refractivity contribution in [1.82, 2.24) is 15.5 Å². The van der Waals surface area contributed by atoms with Gasteiger partial charge in [0.15, 0.2) is 0 Å². The van der Waals surface area contributed by atoms with E-state index >= 15 is 0 Å². The van der Waals surface area contributed by atoms with Gasteiger partial charge in [-0.3, -0.25) is 19.7 Å². The lowest BCUT2D eigenvalue weighted by atomic mass is 9.89. The Balaban J connectivity index is 1.56. The SMILES string of the molecule is O=C1CN(C(=O)CC2CC3CCC(C2)N3)CC(=O)N1. The summed E-state index contributed by atoms with van der Waals surface area (Å²) in [6, 6.07) is 1.12. The van der Waals surface area contributed by atoms with Crippen LogP contribution in [0.15, 0.2) is 0 Å². The minimum atomic E-state index is -0.380. The monoisotopic (exact) mass is 265 g/mol. The molecule has 19 heavy (non-hydrogen) atoms. The van der Waals surface area contributed by atoms with Crippen LogP contribution in [0.2, 0.25) is 0 Å². The Kier molecular flexibility index (Phi) is 3.26. The average Bonchev–Trinajstić information content (AvgIpc) is 2.67. The maximum Gasteiger partial charge on any atom is 0.246 e. The largest absolute Gasteiger partial charge is 0.324 e. The molecule has 3 fully saturated rings. The molecule has 3 aliphatic heterocycles. The first-order valence-corrected chi connectivity index (χ1v) is 6.96. The maximum atomic E-state index is 12.2. The molecule has 104 valence electrons. The van der Waals surface area contributed by atoms with Gasteiger partial charge in [0.1, 0.15) is 13.1 Å². The third-order valence-electron chi connectivity index (χ3n) is 4.33. The second-order valence-electron chi connectivity index (χ2n) is 5.90. The Morgan fingerprint density at radius 1 is 1.11 bits per heavy atom. The second-order valence-corrected chi connectivity index (χ2v) is 5.90. The van der Waals surface area contributed by atoms with Crippen molar-refractivity contribution in [2.75, 3.05) is 13.1 Å². The first kappa shape index (κ1) is 12.6. The van der Waals surface area contributed by atoms with E-state index in [-0.39, 0.29) is 30.8 Å². The van der Waals surface area contributed by atoms with Crippen molar-refractivity contribution < 1.29 is 14.4 Å². The highest BCUT2D eigenvalue weighted by atomic mass is 16.2. The van der Waals surface area contributed by atoms with E-state index in [4.69, 9.17) is 0 Å². The number of hydrogen-bond donors (Lipinski definition) is 2. The zero-order valence-corrected chi connectivity index (χ0v) is 10.9. The van der Waals surface area contributed by atoms with Crippen LogP contribution in [0.25, 0.3) is 0 Å². The Hall–Kier alpha value is -1.43. The molecule has 0 aromatic carbocycles. The van der Waals surface area contributed by atoms with Gasteiger partial charge in [-0.25, -0.2) is 0 Å². The normalized spacial score (nSPS) is 34.3. The van der Waals surface area contributed by atoms with E-state index in [1.807, 2.05) is 0 Å². The molecule has 3 amide bonds. The standard InChI is InChI=1S/C13H19N3O3/c17-11-6-16(7-12(18)15-11)13(19)5-8-3-9-1-2-10(4-8)14-9/h8-10,14H,1-7H2,(H,15,17,18). The van der Waals surface area contributed by atoms with Crippen LogP contribution in [-0.2, 0) is 14.4 Å². The Labute approximate surface area is 111 Å². The van der Waals surface area contributed by atoms with Crippen molar-refractivity contribution in [3.63, 3.8) is 0 Å². The number of nitrogens with one attached hydrogen (secondary N) is 2. The van der Waals surface area contributed by atoms with Gasteiger partial charge in [0.25, 0.3) is 0 Å². The van der Waals surface area contributed by atoms with Crippen LogP contribution in [0.1, 0.15) is 32.1 Å². The third-order valence-corrected chi connectivity index (χ3v) is 4.33. The first-order valence-electron chi connectivity index (χ1n) is 6.96. The zero-order chi connectivity index (χ0) is 13.4. The zero-order valence-electron chi connectivity index (χ0n) is 10.9. The third kappa shape index (κ3) is 2.78. The molecule has 3 rings (SSSR count). The fourth-order valence-corrected chi connectivity index (χ4v) is 3.53. The van der Waals surface area contributed by atoms with E-state index in [1.165, 1.54) is 17.7 Å². The van der Waals surface area contributed by atoms with Crippen LogP contribution in [0.3, 0.4) is 0 Å². The molecule has 2 bridgehead atoms. The van der Waals surface area contributed by atoms with Gasteiger partial charge in [0, 0.05) is 18.5 Å². The summed E-state index contributed by atoms with van der Waals surface area (Å²) in [4.78, 5) is 36.1. The van der Waals surface area contributed by atoms with Crippen molar-refractivity contribution in [2.24, 2.45) is 5.92 Å². The molecule has 3 heterocycles. The molecule has 2 unspecified atom stereocenters. The average molecular weight is 265 g/mol. The highest BCUT2D eigenvalue weighted by Crippen LogP contribution is 2.32. The molecule has 2 atom stereocenters. The summed E-state index contributed by atoms with van der Waals surface area (Å²) in [5.41, 5.74) is 0. The van der Waals surface area contributed by atoms with Crippen LogP contribution in [0, 0.1) is 5.92 Å². The van der Waals surface area contributed by atoms with Crippen LogP contribution in [0.5, 0.6) is 0 Å². The fraction of sp³-hybridized carbons (Fsp3) is 0.769. The fourth-order valence-electron chi connectivity index (χ4n) is 3.53. The summed E-state index contributed by atoms with van der Waals surface area (Å²) in [5, 5.41) is 5.75. The predicted octanol–water partition coefficient (Wildman–Crippen LogP) is -0.608. The summed E-state index contributed by atoms with van der Waals surface area (Å²) in [5.74, 6) is -0.425. The lowest BCUT2D eigenvalue weighted by Crippen LogP contribution is -2.53. The molecular weight excluding hydrogens is 246 g/mol. The predicted molar refractivity (Wildman–Crippen MR) is 67.0 cm³/mol. The molecule has 0 aromatic heterocycles. The van der Waals surface area contributed by atoms with Crippen molar-refractivity contribution in [3.05, 3.63) is 0 Å². The van der Waals surface area contributed by atoms with Gasteiger partial charge < -0.3 is 10.2 Å². The minimum Gasteiger partial charge on any atom is -0.324 e. The van der Waals surface area contributed by atoms with Crippen LogP contribution < -0.4 is 10.6 Å². The van der Waals surface area contributed by atoms with E-state index in [0.717, 1.165) is 12.8 Å². The smallest absolute Gasteiger partial charge is 0.246 e. The van der Waals surface area contributed by atoms with Crippen LogP contribution in [0.4, 0.5) is 0 Å². The number of carbonyl (C=O) groups is 3. The molecule has 0 radical (unpaired) electrons. The molecule has 2 N–H and O–H groups in total. The van der Waals surface area contributed by atoms with Gasteiger partial charge in [-0.2, -0.15) is 0 Å². The van der Waals surface area contributed by atoms with Gasteiger partial charge in [-0.05, 0) is 31.6 Å². The number of carbonyl (C=O) groups excluding carboxylic acids is 3. The van der Waals surface area contributed by atoms with Gasteiger partial charge >= 0.3 is 0 Å². The summed E-state index contributed by atoms with van der Waals surface area (Å²) in [7, 11) is 0. The van der Waals surface area contributed by atoms with Gasteiger partial charge in [-0.1, -0.05) is 0 Å². The Morgan fingerprint density at radius 3 is 2.26 bits per heavy atom. The summed E-state index contributed by atoms with van der Waals surface area (Å²) in [6.45, 7) is 0.0325. The number of piperazine rings is 1. The van der Waals surface area contributed by atoms with Gasteiger partial charge in [-0.15, -0.1) is 0 Å². The highest BCUT2D eigenvalue weighted by Gasteiger charge is 2.35. The number of imide groups is 1. The number of hydrogen-bond acceptors (Lipinski definition) is 4. The summed E-state index contributed by atoms with van der Waals surface area (Å²) >= 11 is 0. The second kappa shape index (κ2) is 4.92. The molecule has 0 saturated carbocycles. The molecular formula is C13H19N3O3. The number of rotatable bonds is 2. The number of piperidine rings is 1. The number of fused-ring (bicyclic) bond motifs is 2. The minimum absolute atomic E-state index is 0.0163. The summed E-state index contributed by atoms with van der Waals surface area (Å²) in [6.07, 6.45) is 4.96. The number of nitrogens with zero attached hydrogens (tertiary/aromatic N) is 1. The Morgan fingerprint density at radius 2 is 1.68 bits per heavy atom. The lowest BCUT2D eigenvalue weighted by Gasteiger charge is -2.31. The van der Waals surface area contributed by atoms with Crippen LogP contribution in [-0.4, -0.2) is 47.8 Å². The van der Waals surface area contributed by atoms with E-state index in [0.29, 0.717) is 24.4 Å².